The first-order chi connectivity index (χ1) is 14.9. The van der Waals surface area contributed by atoms with Gasteiger partial charge in [-0.05, 0) is 49.4 Å². The molecule has 0 radical (unpaired) electrons. The molecule has 0 aliphatic carbocycles. The van der Waals surface area contributed by atoms with E-state index in [1.54, 1.807) is 36.4 Å². The van der Waals surface area contributed by atoms with Crippen molar-refractivity contribution in [3.63, 3.8) is 0 Å². The van der Waals surface area contributed by atoms with E-state index >= 15 is 0 Å². The molecular weight excluding hydrogens is 462 g/mol. The van der Waals surface area contributed by atoms with Gasteiger partial charge >= 0.3 is 0 Å². The summed E-state index contributed by atoms with van der Waals surface area (Å²) < 4.78 is 20.8. The van der Waals surface area contributed by atoms with Gasteiger partial charge in [0, 0.05) is 12.2 Å². The Hall–Kier alpha value is -2.55. The fraction of sp³-hybridized carbons (Fsp3) is 0.190. The van der Waals surface area contributed by atoms with Crippen LogP contribution < -0.4 is 10.1 Å². The summed E-state index contributed by atoms with van der Waals surface area (Å²) in [5.41, 5.74) is 0.551. The van der Waals surface area contributed by atoms with Crippen LogP contribution in [0.2, 0.25) is 10.0 Å². The first kappa shape index (κ1) is 23.1. The number of carbonyl (C=O) groups is 1. The number of ether oxygens (including phenoxy) is 1. The Morgan fingerprint density at radius 3 is 2.68 bits per heavy atom. The molecule has 1 amide bonds. The maximum Gasteiger partial charge on any atom is 0.234 e. The number of halogens is 3. The van der Waals surface area contributed by atoms with Crippen LogP contribution in [0.25, 0.3) is 0 Å². The van der Waals surface area contributed by atoms with Crippen LogP contribution in [-0.2, 0) is 11.3 Å². The summed E-state index contributed by atoms with van der Waals surface area (Å²) in [6, 6.07) is 10.6. The predicted octanol–water partition coefficient (Wildman–Crippen LogP) is 5.78. The highest BCUT2D eigenvalue weighted by Crippen LogP contribution is 2.27. The Balaban J connectivity index is 1.66. The summed E-state index contributed by atoms with van der Waals surface area (Å²) in [6.45, 7) is 6.03. The van der Waals surface area contributed by atoms with E-state index in [0.717, 1.165) is 0 Å². The number of nitrogens with zero attached hydrogens (tertiary/aromatic N) is 3. The molecule has 1 unspecified atom stereocenters. The maximum atomic E-state index is 13.1. The minimum Gasteiger partial charge on any atom is -0.483 e. The lowest BCUT2D eigenvalue weighted by Crippen LogP contribution is -2.15. The van der Waals surface area contributed by atoms with Crippen LogP contribution in [0.3, 0.4) is 0 Å². The number of amides is 1. The average molecular weight is 481 g/mol. The Labute approximate surface area is 193 Å². The van der Waals surface area contributed by atoms with E-state index in [4.69, 9.17) is 27.9 Å². The van der Waals surface area contributed by atoms with Crippen molar-refractivity contribution >= 4 is 46.6 Å². The third kappa shape index (κ3) is 6.22. The van der Waals surface area contributed by atoms with Crippen LogP contribution in [0.4, 0.5) is 10.1 Å². The molecular formula is C21H19Cl2FN4O2S. The minimum absolute atomic E-state index is 0.114. The number of allylic oxidation sites excluding steroid dienone is 1. The van der Waals surface area contributed by atoms with Gasteiger partial charge in [-0.15, -0.1) is 16.8 Å². The van der Waals surface area contributed by atoms with E-state index in [0.29, 0.717) is 39.0 Å². The summed E-state index contributed by atoms with van der Waals surface area (Å²) in [5.74, 6) is 0.623. The van der Waals surface area contributed by atoms with Gasteiger partial charge in [0.2, 0.25) is 5.91 Å². The van der Waals surface area contributed by atoms with E-state index < -0.39 is 6.10 Å². The lowest BCUT2D eigenvalue weighted by molar-refractivity contribution is -0.113. The molecule has 1 atom stereocenters. The number of hydrogen-bond acceptors (Lipinski definition) is 5. The molecule has 1 heterocycles. The van der Waals surface area contributed by atoms with E-state index in [1.807, 2.05) is 11.5 Å². The number of nitrogens with one attached hydrogen (secondary N) is 1. The normalized spacial score (nSPS) is 11.7. The SMILES string of the molecule is C=CCn1c(SCC(=O)Nc2ccc(Cl)c(Cl)c2)nnc1C(C)Oc1ccc(F)cc1. The zero-order valence-electron chi connectivity index (χ0n) is 16.5. The van der Waals surface area contributed by atoms with Gasteiger partial charge in [-0.2, -0.15) is 0 Å². The second-order valence-corrected chi connectivity index (χ2v) is 8.18. The lowest BCUT2D eigenvalue weighted by atomic mass is 10.3. The van der Waals surface area contributed by atoms with Crippen LogP contribution in [0.15, 0.2) is 60.3 Å². The number of rotatable bonds is 9. The number of thioether (sulfide) groups is 1. The number of benzene rings is 2. The first-order valence-corrected chi connectivity index (χ1v) is 11.0. The second kappa shape index (κ2) is 10.7. The van der Waals surface area contributed by atoms with Crippen molar-refractivity contribution in [3.05, 3.63) is 76.8 Å². The summed E-state index contributed by atoms with van der Waals surface area (Å²) >= 11 is 13.1. The number of carbonyl (C=O) groups excluding carboxylic acids is 1. The molecule has 0 aliphatic rings. The second-order valence-electron chi connectivity index (χ2n) is 6.42. The fourth-order valence-electron chi connectivity index (χ4n) is 2.68. The largest absolute Gasteiger partial charge is 0.483 e. The molecule has 1 aromatic heterocycles. The monoisotopic (exact) mass is 480 g/mol. The molecule has 3 aromatic rings. The first-order valence-electron chi connectivity index (χ1n) is 9.21. The van der Waals surface area contributed by atoms with Crippen LogP contribution in [0, 0.1) is 5.82 Å². The van der Waals surface area contributed by atoms with Crippen LogP contribution in [-0.4, -0.2) is 26.4 Å². The minimum atomic E-state index is -0.447. The molecule has 0 aliphatic heterocycles. The molecule has 3 rings (SSSR count). The Morgan fingerprint density at radius 1 is 1.26 bits per heavy atom. The van der Waals surface area contributed by atoms with Gasteiger partial charge in [-0.1, -0.05) is 41.0 Å². The molecule has 10 heteroatoms. The van der Waals surface area contributed by atoms with Crippen molar-refractivity contribution in [3.8, 4) is 5.75 Å². The van der Waals surface area contributed by atoms with Gasteiger partial charge in [-0.3, -0.25) is 9.36 Å². The number of hydrogen-bond donors (Lipinski definition) is 1. The summed E-state index contributed by atoms with van der Waals surface area (Å²) in [5, 5.41) is 12.5. The van der Waals surface area contributed by atoms with Gasteiger partial charge in [0.25, 0.3) is 0 Å². The summed E-state index contributed by atoms with van der Waals surface area (Å²) in [4.78, 5) is 12.3. The maximum absolute atomic E-state index is 13.1. The molecule has 0 saturated carbocycles. The molecule has 2 aromatic carbocycles. The van der Waals surface area contributed by atoms with Crippen molar-refractivity contribution in [1.29, 1.82) is 0 Å². The van der Waals surface area contributed by atoms with Crippen molar-refractivity contribution in [2.45, 2.75) is 24.7 Å². The Bertz CT molecular complexity index is 1080. The smallest absolute Gasteiger partial charge is 0.234 e. The number of anilines is 1. The van der Waals surface area contributed by atoms with Crippen LogP contribution >= 0.6 is 35.0 Å². The molecule has 6 nitrogen and oxygen atoms in total. The Kier molecular flexibility index (Phi) is 7.95. The average Bonchev–Trinajstić information content (AvgIpc) is 3.14. The fourth-order valence-corrected chi connectivity index (χ4v) is 3.73. The lowest BCUT2D eigenvalue weighted by Gasteiger charge is -2.15. The Morgan fingerprint density at radius 2 is 2.00 bits per heavy atom. The van der Waals surface area contributed by atoms with E-state index in [1.165, 1.54) is 23.9 Å². The molecule has 162 valence electrons. The molecule has 1 N–H and O–H groups in total. The van der Waals surface area contributed by atoms with Gasteiger partial charge in [0.15, 0.2) is 17.1 Å². The van der Waals surface area contributed by atoms with Gasteiger partial charge in [0.05, 0.1) is 15.8 Å². The number of aromatic nitrogens is 3. The van der Waals surface area contributed by atoms with E-state index in [9.17, 15) is 9.18 Å². The molecule has 0 saturated heterocycles. The van der Waals surface area contributed by atoms with Gasteiger partial charge < -0.3 is 10.1 Å². The zero-order valence-corrected chi connectivity index (χ0v) is 18.8. The van der Waals surface area contributed by atoms with Crippen molar-refractivity contribution < 1.29 is 13.9 Å². The summed E-state index contributed by atoms with van der Waals surface area (Å²) in [6.07, 6.45) is 1.26. The van der Waals surface area contributed by atoms with Crippen LogP contribution in [0.5, 0.6) is 5.75 Å². The quantitative estimate of drug-likeness (QED) is 0.310. The van der Waals surface area contributed by atoms with Gasteiger partial charge in [-0.25, -0.2) is 4.39 Å². The summed E-state index contributed by atoms with van der Waals surface area (Å²) in [7, 11) is 0. The van der Waals surface area contributed by atoms with Gasteiger partial charge in [0.1, 0.15) is 11.6 Å². The topological polar surface area (TPSA) is 69.0 Å². The highest BCUT2D eigenvalue weighted by Gasteiger charge is 2.20. The van der Waals surface area contributed by atoms with Crippen molar-refractivity contribution in [2.75, 3.05) is 11.1 Å². The predicted molar refractivity (Wildman–Crippen MR) is 121 cm³/mol. The third-order valence-corrected chi connectivity index (χ3v) is 5.79. The van der Waals surface area contributed by atoms with Crippen molar-refractivity contribution in [2.24, 2.45) is 0 Å². The zero-order chi connectivity index (χ0) is 22.4. The highest BCUT2D eigenvalue weighted by atomic mass is 35.5. The molecule has 0 bridgehead atoms. The van der Waals surface area contributed by atoms with E-state index in [-0.39, 0.29) is 17.5 Å². The molecule has 0 spiro atoms. The molecule has 0 fully saturated rings. The molecule has 31 heavy (non-hydrogen) atoms. The van der Waals surface area contributed by atoms with Crippen molar-refractivity contribution in [1.82, 2.24) is 14.8 Å². The standard InChI is InChI=1S/C21H19Cl2FN4O2S/c1-3-10-28-20(13(2)30-16-7-4-14(24)5-8-16)26-27-21(28)31-12-19(29)25-15-6-9-17(22)18(23)11-15/h3-9,11,13H,1,10,12H2,2H3,(H,25,29). The third-order valence-electron chi connectivity index (χ3n) is 4.08. The van der Waals surface area contributed by atoms with Crippen LogP contribution in [0.1, 0.15) is 18.9 Å². The van der Waals surface area contributed by atoms with E-state index in [2.05, 4.69) is 22.1 Å². The highest BCUT2D eigenvalue weighted by molar-refractivity contribution is 7.99.